The van der Waals surface area contributed by atoms with Gasteiger partial charge in [0.2, 0.25) is 0 Å². The third-order valence-electron chi connectivity index (χ3n) is 1.63. The SMILES string of the molecule is CS(=O)(=O)CC(NN)c1sccc1Br. The van der Waals surface area contributed by atoms with Gasteiger partial charge in [-0.1, -0.05) is 0 Å². The largest absolute Gasteiger partial charge is 0.271 e. The van der Waals surface area contributed by atoms with Crippen LogP contribution in [0.5, 0.6) is 0 Å². The molecule has 0 radical (unpaired) electrons. The van der Waals surface area contributed by atoms with Crippen LogP contribution in [0.2, 0.25) is 0 Å². The smallest absolute Gasteiger partial charge is 0.149 e. The lowest BCUT2D eigenvalue weighted by Crippen LogP contribution is -2.32. The second kappa shape index (κ2) is 4.71. The standard InChI is InChI=1S/C7H11BrN2O2S2/c1-14(11,12)4-6(10-9)7-5(8)2-3-13-7/h2-3,6,10H,4,9H2,1H3. The van der Waals surface area contributed by atoms with Crippen LogP contribution in [0.4, 0.5) is 0 Å². The van der Waals surface area contributed by atoms with Crippen LogP contribution in [0.15, 0.2) is 15.9 Å². The molecule has 80 valence electrons. The third kappa shape index (κ3) is 3.32. The van der Waals surface area contributed by atoms with Gasteiger partial charge < -0.3 is 0 Å². The molecule has 1 atom stereocenters. The van der Waals surface area contributed by atoms with Gasteiger partial charge in [0.1, 0.15) is 9.84 Å². The molecule has 0 aromatic carbocycles. The predicted molar refractivity (Wildman–Crippen MR) is 61.8 cm³/mol. The van der Waals surface area contributed by atoms with Crippen LogP contribution in [0.1, 0.15) is 10.9 Å². The highest BCUT2D eigenvalue weighted by Gasteiger charge is 2.19. The molecule has 1 heterocycles. The van der Waals surface area contributed by atoms with Crippen LogP contribution in [0, 0.1) is 0 Å². The van der Waals surface area contributed by atoms with Gasteiger partial charge in [0, 0.05) is 15.6 Å². The van der Waals surface area contributed by atoms with E-state index in [-0.39, 0.29) is 11.8 Å². The van der Waals surface area contributed by atoms with E-state index in [4.69, 9.17) is 5.84 Å². The van der Waals surface area contributed by atoms with Gasteiger partial charge in [-0.15, -0.1) is 11.3 Å². The van der Waals surface area contributed by atoms with E-state index in [0.29, 0.717) is 0 Å². The van der Waals surface area contributed by atoms with Crippen molar-refractivity contribution in [2.45, 2.75) is 6.04 Å². The van der Waals surface area contributed by atoms with Crippen LogP contribution in [0.3, 0.4) is 0 Å². The Morgan fingerprint density at radius 2 is 2.36 bits per heavy atom. The molecule has 3 N–H and O–H groups in total. The first-order valence-corrected chi connectivity index (χ1v) is 7.54. The fourth-order valence-electron chi connectivity index (χ4n) is 1.06. The molecule has 1 aromatic heterocycles. The summed E-state index contributed by atoms with van der Waals surface area (Å²) < 4.78 is 23.1. The second-order valence-electron chi connectivity index (χ2n) is 2.94. The zero-order chi connectivity index (χ0) is 10.8. The number of nitrogens with one attached hydrogen (secondary N) is 1. The van der Waals surface area contributed by atoms with E-state index < -0.39 is 9.84 Å². The number of hydrogen-bond donors (Lipinski definition) is 2. The maximum Gasteiger partial charge on any atom is 0.149 e. The number of halogens is 1. The summed E-state index contributed by atoms with van der Waals surface area (Å²) >= 11 is 4.80. The molecule has 0 bridgehead atoms. The van der Waals surface area contributed by atoms with Gasteiger partial charge in [0.05, 0.1) is 11.8 Å². The zero-order valence-corrected chi connectivity index (χ0v) is 10.7. The monoisotopic (exact) mass is 298 g/mol. The van der Waals surface area contributed by atoms with Gasteiger partial charge in [-0.25, -0.2) is 8.42 Å². The van der Waals surface area contributed by atoms with Gasteiger partial charge in [0.25, 0.3) is 0 Å². The number of thiophene rings is 1. The number of sulfone groups is 1. The van der Waals surface area contributed by atoms with Crippen molar-refractivity contribution >= 4 is 37.1 Å². The first kappa shape index (κ1) is 12.1. The van der Waals surface area contributed by atoms with Crippen molar-refractivity contribution in [3.63, 3.8) is 0 Å². The van der Waals surface area contributed by atoms with Crippen LogP contribution in [-0.4, -0.2) is 20.4 Å². The molecule has 1 rings (SSSR count). The summed E-state index contributed by atoms with van der Waals surface area (Å²) in [6.45, 7) is 0. The molecular weight excluding hydrogens is 288 g/mol. The minimum atomic E-state index is -3.03. The highest BCUT2D eigenvalue weighted by atomic mass is 79.9. The lowest BCUT2D eigenvalue weighted by molar-refractivity contribution is 0.567. The quantitative estimate of drug-likeness (QED) is 0.644. The molecule has 1 unspecified atom stereocenters. The van der Waals surface area contributed by atoms with Crippen LogP contribution in [0.25, 0.3) is 0 Å². The molecule has 0 aliphatic carbocycles. The maximum absolute atomic E-state index is 11.1. The minimum Gasteiger partial charge on any atom is -0.271 e. The first-order valence-electron chi connectivity index (χ1n) is 3.81. The van der Waals surface area contributed by atoms with Gasteiger partial charge in [0.15, 0.2) is 0 Å². The highest BCUT2D eigenvalue weighted by Crippen LogP contribution is 2.29. The minimum absolute atomic E-state index is 0.00259. The van der Waals surface area contributed by atoms with Crippen molar-refractivity contribution in [1.29, 1.82) is 0 Å². The average molecular weight is 299 g/mol. The summed E-state index contributed by atoms with van der Waals surface area (Å²) in [4.78, 5) is 0.901. The van der Waals surface area contributed by atoms with Crippen molar-refractivity contribution in [3.8, 4) is 0 Å². The Morgan fingerprint density at radius 1 is 1.71 bits per heavy atom. The van der Waals surface area contributed by atoms with Crippen LogP contribution >= 0.6 is 27.3 Å². The van der Waals surface area contributed by atoms with Crippen molar-refractivity contribution in [3.05, 3.63) is 20.8 Å². The molecule has 0 saturated heterocycles. The van der Waals surface area contributed by atoms with E-state index in [1.807, 2.05) is 11.4 Å². The second-order valence-corrected chi connectivity index (χ2v) is 6.93. The number of hydrogen-bond acceptors (Lipinski definition) is 5. The molecule has 4 nitrogen and oxygen atoms in total. The molecule has 0 aliphatic rings. The highest BCUT2D eigenvalue weighted by molar-refractivity contribution is 9.10. The molecule has 0 saturated carbocycles. The Kier molecular flexibility index (Phi) is 4.08. The average Bonchev–Trinajstić information content (AvgIpc) is 2.45. The number of nitrogens with two attached hydrogens (primary N) is 1. The van der Waals surface area contributed by atoms with Crippen LogP contribution in [-0.2, 0) is 9.84 Å². The molecular formula is C7H11BrN2O2S2. The first-order chi connectivity index (χ1) is 6.44. The summed E-state index contributed by atoms with van der Waals surface area (Å²) in [5, 5.41) is 1.88. The lowest BCUT2D eigenvalue weighted by atomic mass is 10.3. The Hall–Kier alpha value is 0.0500. The topological polar surface area (TPSA) is 72.2 Å². The molecule has 14 heavy (non-hydrogen) atoms. The number of hydrazine groups is 1. The molecule has 0 amide bonds. The maximum atomic E-state index is 11.1. The van der Waals surface area contributed by atoms with E-state index in [0.717, 1.165) is 9.35 Å². The summed E-state index contributed by atoms with van der Waals surface area (Å²) in [6.07, 6.45) is 1.19. The summed E-state index contributed by atoms with van der Waals surface area (Å²) in [5.41, 5.74) is 2.50. The fourth-order valence-corrected chi connectivity index (χ4v) is 3.74. The van der Waals surface area contributed by atoms with Gasteiger partial charge in [-0.3, -0.25) is 11.3 Å². The summed E-state index contributed by atoms with van der Waals surface area (Å²) in [6, 6.07) is 1.52. The Bertz CT molecular complexity index is 402. The van der Waals surface area contributed by atoms with Crippen molar-refractivity contribution in [2.24, 2.45) is 5.84 Å². The number of rotatable bonds is 4. The Balaban J connectivity index is 2.89. The molecule has 0 fully saturated rings. The van der Waals surface area contributed by atoms with E-state index in [9.17, 15) is 8.42 Å². The fraction of sp³-hybridized carbons (Fsp3) is 0.429. The molecule has 0 spiro atoms. The van der Waals surface area contributed by atoms with Crippen molar-refractivity contribution < 1.29 is 8.42 Å². The van der Waals surface area contributed by atoms with E-state index >= 15 is 0 Å². The third-order valence-corrected chi connectivity index (χ3v) is 4.56. The summed E-state index contributed by atoms with van der Waals surface area (Å²) in [7, 11) is -3.03. The lowest BCUT2D eigenvalue weighted by Gasteiger charge is -2.13. The Labute approximate surface area is 95.5 Å². The Morgan fingerprint density at radius 3 is 2.71 bits per heavy atom. The van der Waals surface area contributed by atoms with Gasteiger partial charge in [-0.2, -0.15) is 0 Å². The van der Waals surface area contributed by atoms with Crippen LogP contribution < -0.4 is 11.3 Å². The van der Waals surface area contributed by atoms with Crippen molar-refractivity contribution in [1.82, 2.24) is 5.43 Å². The normalized spacial score (nSPS) is 14.2. The molecule has 0 aliphatic heterocycles. The van der Waals surface area contributed by atoms with Crippen molar-refractivity contribution in [2.75, 3.05) is 12.0 Å². The van der Waals surface area contributed by atoms with E-state index in [2.05, 4.69) is 21.4 Å². The molecule has 1 aromatic rings. The van der Waals surface area contributed by atoms with E-state index in [1.165, 1.54) is 17.6 Å². The van der Waals surface area contributed by atoms with Gasteiger partial charge >= 0.3 is 0 Å². The van der Waals surface area contributed by atoms with E-state index in [1.54, 1.807) is 0 Å². The van der Waals surface area contributed by atoms with Gasteiger partial charge in [-0.05, 0) is 27.4 Å². The molecule has 7 heteroatoms. The zero-order valence-electron chi connectivity index (χ0n) is 7.53. The summed E-state index contributed by atoms with van der Waals surface area (Å²) in [5.74, 6) is 5.31. The predicted octanol–water partition coefficient (Wildman–Crippen LogP) is 1.06.